The van der Waals surface area contributed by atoms with E-state index in [1.165, 1.54) is 11.3 Å². The number of ether oxygens (including phenoxy) is 1. The molecule has 0 aliphatic carbocycles. The molecule has 1 heterocycles. The van der Waals surface area contributed by atoms with Crippen molar-refractivity contribution in [3.8, 4) is 5.75 Å². The highest BCUT2D eigenvalue weighted by Gasteiger charge is 2.12. The molecule has 24 heavy (non-hydrogen) atoms. The van der Waals surface area contributed by atoms with E-state index in [9.17, 15) is 9.90 Å². The van der Waals surface area contributed by atoms with Crippen LogP contribution < -0.4 is 10.1 Å². The van der Waals surface area contributed by atoms with E-state index >= 15 is 0 Å². The van der Waals surface area contributed by atoms with E-state index in [1.54, 1.807) is 7.11 Å². The van der Waals surface area contributed by atoms with Gasteiger partial charge in [-0.25, -0.2) is 0 Å². The Kier molecular flexibility index (Phi) is 5.13. The molecule has 1 aromatic heterocycles. The SMILES string of the molecule is COc1ccc2cccc(CC(=O)NC[C@@H](O)c3cccs3)c2c1. The Bertz CT molecular complexity index is 830. The monoisotopic (exact) mass is 341 g/mol. The number of amides is 1. The largest absolute Gasteiger partial charge is 0.497 e. The average Bonchev–Trinajstić information content (AvgIpc) is 3.14. The van der Waals surface area contributed by atoms with Gasteiger partial charge in [-0.05, 0) is 39.9 Å². The summed E-state index contributed by atoms with van der Waals surface area (Å²) in [5.41, 5.74) is 0.939. The molecule has 0 bridgehead atoms. The first kappa shape index (κ1) is 16.5. The molecule has 4 nitrogen and oxygen atoms in total. The fourth-order valence-electron chi connectivity index (χ4n) is 2.63. The lowest BCUT2D eigenvalue weighted by Crippen LogP contribution is -2.29. The van der Waals surface area contributed by atoms with E-state index < -0.39 is 6.10 Å². The topological polar surface area (TPSA) is 58.6 Å². The van der Waals surface area contributed by atoms with Gasteiger partial charge in [-0.1, -0.05) is 30.3 Å². The number of aliphatic hydroxyl groups excluding tert-OH is 1. The molecule has 2 aromatic carbocycles. The molecule has 0 saturated heterocycles. The molecule has 2 N–H and O–H groups in total. The lowest BCUT2D eigenvalue weighted by Gasteiger charge is -2.12. The highest BCUT2D eigenvalue weighted by molar-refractivity contribution is 7.10. The lowest BCUT2D eigenvalue weighted by atomic mass is 10.0. The van der Waals surface area contributed by atoms with Gasteiger partial charge in [0.15, 0.2) is 0 Å². The Morgan fingerprint density at radius 1 is 1.25 bits per heavy atom. The average molecular weight is 341 g/mol. The van der Waals surface area contributed by atoms with Crippen molar-refractivity contribution in [1.29, 1.82) is 0 Å². The van der Waals surface area contributed by atoms with Gasteiger partial charge in [0, 0.05) is 11.4 Å². The first-order valence-corrected chi connectivity index (χ1v) is 8.59. The van der Waals surface area contributed by atoms with Crippen LogP contribution in [0.25, 0.3) is 10.8 Å². The molecule has 0 aliphatic rings. The van der Waals surface area contributed by atoms with Crippen LogP contribution in [0.15, 0.2) is 53.9 Å². The van der Waals surface area contributed by atoms with Crippen molar-refractivity contribution in [2.75, 3.05) is 13.7 Å². The lowest BCUT2D eigenvalue weighted by molar-refractivity contribution is -0.120. The molecular weight excluding hydrogens is 322 g/mol. The van der Waals surface area contributed by atoms with E-state index in [1.807, 2.05) is 53.9 Å². The number of hydrogen-bond donors (Lipinski definition) is 2. The molecule has 0 fully saturated rings. The number of aliphatic hydroxyl groups is 1. The zero-order valence-electron chi connectivity index (χ0n) is 13.4. The summed E-state index contributed by atoms with van der Waals surface area (Å²) >= 11 is 1.48. The van der Waals surface area contributed by atoms with Crippen molar-refractivity contribution in [2.24, 2.45) is 0 Å². The van der Waals surface area contributed by atoms with Crippen molar-refractivity contribution in [2.45, 2.75) is 12.5 Å². The minimum Gasteiger partial charge on any atom is -0.497 e. The van der Waals surface area contributed by atoms with Crippen LogP contribution in [0.4, 0.5) is 0 Å². The van der Waals surface area contributed by atoms with Crippen LogP contribution in [0.1, 0.15) is 16.5 Å². The second-order valence-electron chi connectivity index (χ2n) is 5.52. The summed E-state index contributed by atoms with van der Waals surface area (Å²) < 4.78 is 5.27. The van der Waals surface area contributed by atoms with Gasteiger partial charge in [-0.2, -0.15) is 0 Å². The number of nitrogens with one attached hydrogen (secondary N) is 1. The molecule has 0 radical (unpaired) electrons. The van der Waals surface area contributed by atoms with E-state index in [0.717, 1.165) is 27.0 Å². The summed E-state index contributed by atoms with van der Waals surface area (Å²) in [5.74, 6) is 0.657. The number of fused-ring (bicyclic) bond motifs is 1. The Morgan fingerprint density at radius 2 is 2.12 bits per heavy atom. The molecule has 0 saturated carbocycles. The number of hydrogen-bond acceptors (Lipinski definition) is 4. The Balaban J connectivity index is 1.69. The van der Waals surface area contributed by atoms with Crippen LogP contribution in [0, 0.1) is 0 Å². The van der Waals surface area contributed by atoms with Gasteiger partial charge in [-0.15, -0.1) is 11.3 Å². The maximum absolute atomic E-state index is 12.2. The van der Waals surface area contributed by atoms with E-state index in [0.29, 0.717) is 0 Å². The third kappa shape index (κ3) is 3.75. The zero-order valence-corrected chi connectivity index (χ0v) is 14.2. The Hall–Kier alpha value is -2.37. The Labute approximate surface area is 144 Å². The van der Waals surface area contributed by atoms with Crippen molar-refractivity contribution in [3.63, 3.8) is 0 Å². The first-order chi connectivity index (χ1) is 11.7. The summed E-state index contributed by atoms with van der Waals surface area (Å²) in [7, 11) is 1.63. The highest BCUT2D eigenvalue weighted by atomic mass is 32.1. The smallest absolute Gasteiger partial charge is 0.224 e. The molecular formula is C19H19NO3S. The van der Waals surface area contributed by atoms with E-state index in [4.69, 9.17) is 4.74 Å². The predicted octanol–water partition coefficient (Wildman–Crippen LogP) is 3.30. The second kappa shape index (κ2) is 7.47. The van der Waals surface area contributed by atoms with Crippen LogP contribution >= 0.6 is 11.3 Å². The normalized spacial score (nSPS) is 12.1. The van der Waals surface area contributed by atoms with Crippen molar-refractivity contribution in [1.82, 2.24) is 5.32 Å². The quantitative estimate of drug-likeness (QED) is 0.723. The minimum absolute atomic E-state index is 0.110. The van der Waals surface area contributed by atoms with E-state index in [-0.39, 0.29) is 18.9 Å². The second-order valence-corrected chi connectivity index (χ2v) is 6.50. The van der Waals surface area contributed by atoms with Crippen molar-refractivity contribution < 1.29 is 14.6 Å². The van der Waals surface area contributed by atoms with Crippen LogP contribution in [-0.2, 0) is 11.2 Å². The van der Waals surface area contributed by atoms with Gasteiger partial charge in [0.25, 0.3) is 0 Å². The van der Waals surface area contributed by atoms with Crippen LogP contribution in [0.3, 0.4) is 0 Å². The molecule has 5 heteroatoms. The maximum Gasteiger partial charge on any atom is 0.224 e. The molecule has 1 amide bonds. The van der Waals surface area contributed by atoms with Gasteiger partial charge in [0.05, 0.1) is 13.5 Å². The van der Waals surface area contributed by atoms with Gasteiger partial charge in [0.1, 0.15) is 11.9 Å². The fourth-order valence-corrected chi connectivity index (χ4v) is 3.34. The molecule has 3 rings (SSSR count). The number of carbonyl (C=O) groups is 1. The first-order valence-electron chi connectivity index (χ1n) is 7.71. The van der Waals surface area contributed by atoms with E-state index in [2.05, 4.69) is 5.32 Å². The summed E-state index contributed by atoms with van der Waals surface area (Å²) in [5, 5.41) is 16.8. The predicted molar refractivity (Wildman–Crippen MR) is 96.5 cm³/mol. The molecule has 0 unspecified atom stereocenters. The zero-order chi connectivity index (χ0) is 16.9. The Morgan fingerprint density at radius 3 is 2.88 bits per heavy atom. The summed E-state index contributed by atoms with van der Waals surface area (Å²) in [4.78, 5) is 13.1. The summed E-state index contributed by atoms with van der Waals surface area (Å²) in [6, 6.07) is 15.5. The van der Waals surface area contributed by atoms with Crippen LogP contribution in [-0.4, -0.2) is 24.7 Å². The molecule has 3 aromatic rings. The molecule has 1 atom stereocenters. The van der Waals surface area contributed by atoms with Gasteiger partial charge in [0.2, 0.25) is 5.91 Å². The minimum atomic E-state index is -0.665. The third-order valence-corrected chi connectivity index (χ3v) is 4.87. The van der Waals surface area contributed by atoms with Crippen molar-refractivity contribution >= 4 is 28.0 Å². The van der Waals surface area contributed by atoms with Gasteiger partial charge >= 0.3 is 0 Å². The number of methoxy groups -OCH3 is 1. The maximum atomic E-state index is 12.2. The fraction of sp³-hybridized carbons (Fsp3) is 0.211. The molecule has 124 valence electrons. The third-order valence-electron chi connectivity index (χ3n) is 3.89. The standard InChI is InChI=1S/C19H19NO3S/c1-23-15-8-7-13-4-2-5-14(16(13)11-15)10-19(22)20-12-17(21)18-6-3-9-24-18/h2-9,11,17,21H,10,12H2,1H3,(H,20,22)/t17-/m1/s1. The number of rotatable bonds is 6. The van der Waals surface area contributed by atoms with Crippen LogP contribution in [0.2, 0.25) is 0 Å². The van der Waals surface area contributed by atoms with Crippen molar-refractivity contribution in [3.05, 3.63) is 64.4 Å². The highest BCUT2D eigenvalue weighted by Crippen LogP contribution is 2.24. The van der Waals surface area contributed by atoms with Gasteiger partial charge < -0.3 is 15.2 Å². The molecule has 0 spiro atoms. The number of thiophene rings is 1. The molecule has 0 aliphatic heterocycles. The number of carbonyl (C=O) groups excluding carboxylic acids is 1. The van der Waals surface area contributed by atoms with Crippen LogP contribution in [0.5, 0.6) is 5.75 Å². The number of benzene rings is 2. The summed E-state index contributed by atoms with van der Waals surface area (Å²) in [6.45, 7) is 0.216. The summed E-state index contributed by atoms with van der Waals surface area (Å²) in [6.07, 6.45) is -0.400. The van der Waals surface area contributed by atoms with Gasteiger partial charge in [-0.3, -0.25) is 4.79 Å².